The fourth-order valence-electron chi connectivity index (χ4n) is 1.81. The molecular weight excluding hydrogens is 355 g/mol. The van der Waals surface area contributed by atoms with Crippen LogP contribution in [-0.4, -0.2) is 23.6 Å². The molecule has 0 radical (unpaired) electrons. The third-order valence-electron chi connectivity index (χ3n) is 2.99. The van der Waals surface area contributed by atoms with E-state index in [-0.39, 0.29) is 5.91 Å². The zero-order valence-corrected chi connectivity index (χ0v) is 14.8. The SMILES string of the molecule is C=CCOC(C)C(=O)Nc1ncc(Cc2cc(Cl)ccc2Cl)s1. The van der Waals surface area contributed by atoms with E-state index < -0.39 is 6.10 Å². The van der Waals surface area contributed by atoms with Crippen LogP contribution in [0.15, 0.2) is 37.1 Å². The second kappa shape index (κ2) is 8.45. The Morgan fingerprint density at radius 1 is 1.52 bits per heavy atom. The zero-order chi connectivity index (χ0) is 16.8. The Morgan fingerprint density at radius 2 is 2.30 bits per heavy atom. The van der Waals surface area contributed by atoms with E-state index >= 15 is 0 Å². The first kappa shape index (κ1) is 17.9. The average molecular weight is 371 g/mol. The predicted octanol–water partition coefficient (Wildman–Crippen LogP) is 4.57. The van der Waals surface area contributed by atoms with Crippen molar-refractivity contribution in [2.75, 3.05) is 11.9 Å². The van der Waals surface area contributed by atoms with Crippen LogP contribution in [-0.2, 0) is 16.0 Å². The van der Waals surface area contributed by atoms with Crippen molar-refractivity contribution < 1.29 is 9.53 Å². The van der Waals surface area contributed by atoms with E-state index in [0.717, 1.165) is 10.4 Å². The van der Waals surface area contributed by atoms with E-state index in [9.17, 15) is 4.79 Å². The number of hydrogen-bond acceptors (Lipinski definition) is 4. The monoisotopic (exact) mass is 370 g/mol. The molecule has 0 bridgehead atoms. The van der Waals surface area contributed by atoms with Crippen LogP contribution < -0.4 is 5.32 Å². The number of carbonyl (C=O) groups excluding carboxylic acids is 1. The number of benzene rings is 1. The Balaban J connectivity index is 1.99. The molecule has 122 valence electrons. The van der Waals surface area contributed by atoms with E-state index in [2.05, 4.69) is 16.9 Å². The van der Waals surface area contributed by atoms with Gasteiger partial charge in [-0.05, 0) is 30.7 Å². The van der Waals surface area contributed by atoms with Crippen molar-refractivity contribution in [3.8, 4) is 0 Å². The lowest BCUT2D eigenvalue weighted by molar-refractivity contribution is -0.125. The van der Waals surface area contributed by atoms with Gasteiger partial charge in [0.05, 0.1) is 6.61 Å². The molecule has 1 aromatic carbocycles. The van der Waals surface area contributed by atoms with Crippen molar-refractivity contribution in [3.63, 3.8) is 0 Å². The first-order valence-corrected chi connectivity index (χ1v) is 8.49. The fraction of sp³-hybridized carbons (Fsp3) is 0.250. The van der Waals surface area contributed by atoms with Gasteiger partial charge >= 0.3 is 0 Å². The maximum Gasteiger partial charge on any atom is 0.255 e. The number of carbonyl (C=O) groups is 1. The number of thiazole rings is 1. The second-order valence-corrected chi connectivity index (χ2v) is 6.76. The van der Waals surface area contributed by atoms with Crippen molar-refractivity contribution in [2.45, 2.75) is 19.4 Å². The standard InChI is InChI=1S/C16H16Cl2N2O2S/c1-3-6-22-10(2)15(21)20-16-19-9-13(23-16)8-11-7-12(17)4-5-14(11)18/h3-5,7,9-10H,1,6,8H2,2H3,(H,19,20,21). The highest BCUT2D eigenvalue weighted by Gasteiger charge is 2.15. The normalized spacial score (nSPS) is 12.0. The van der Waals surface area contributed by atoms with Crippen LogP contribution in [0.25, 0.3) is 0 Å². The lowest BCUT2D eigenvalue weighted by atomic mass is 10.1. The molecule has 0 fully saturated rings. The molecule has 0 aliphatic carbocycles. The Morgan fingerprint density at radius 3 is 3.04 bits per heavy atom. The molecule has 0 aliphatic rings. The van der Waals surface area contributed by atoms with Gasteiger partial charge in [-0.1, -0.05) is 29.3 Å². The van der Waals surface area contributed by atoms with Gasteiger partial charge in [-0.3, -0.25) is 10.1 Å². The van der Waals surface area contributed by atoms with Crippen molar-refractivity contribution in [1.82, 2.24) is 4.98 Å². The summed E-state index contributed by atoms with van der Waals surface area (Å²) in [6.07, 6.45) is 3.35. The topological polar surface area (TPSA) is 51.2 Å². The first-order chi connectivity index (χ1) is 11.0. The van der Waals surface area contributed by atoms with Crippen LogP contribution in [0.3, 0.4) is 0 Å². The Bertz CT molecular complexity index is 703. The number of ether oxygens (including phenoxy) is 1. The van der Waals surface area contributed by atoms with E-state index in [4.69, 9.17) is 27.9 Å². The highest BCUT2D eigenvalue weighted by atomic mass is 35.5. The summed E-state index contributed by atoms with van der Waals surface area (Å²) in [5.74, 6) is -0.242. The summed E-state index contributed by atoms with van der Waals surface area (Å²) in [5, 5.41) is 4.55. The second-order valence-electron chi connectivity index (χ2n) is 4.80. The van der Waals surface area contributed by atoms with Crippen molar-refractivity contribution in [1.29, 1.82) is 0 Å². The predicted molar refractivity (Wildman–Crippen MR) is 95.6 cm³/mol. The third-order valence-corrected chi connectivity index (χ3v) is 4.51. The quantitative estimate of drug-likeness (QED) is 0.726. The number of hydrogen-bond donors (Lipinski definition) is 1. The van der Waals surface area contributed by atoms with Gasteiger partial charge in [-0.2, -0.15) is 0 Å². The van der Waals surface area contributed by atoms with E-state index in [1.54, 1.807) is 31.3 Å². The summed E-state index contributed by atoms with van der Waals surface area (Å²) in [7, 11) is 0. The number of nitrogens with zero attached hydrogens (tertiary/aromatic N) is 1. The van der Waals surface area contributed by atoms with E-state index in [1.165, 1.54) is 11.3 Å². The minimum absolute atomic E-state index is 0.242. The van der Waals surface area contributed by atoms with Crippen molar-refractivity contribution >= 4 is 45.6 Å². The van der Waals surface area contributed by atoms with Gasteiger partial charge in [-0.15, -0.1) is 17.9 Å². The summed E-state index contributed by atoms with van der Waals surface area (Å²) >= 11 is 13.5. The average Bonchev–Trinajstić information content (AvgIpc) is 2.95. The van der Waals surface area contributed by atoms with Gasteiger partial charge in [0, 0.05) is 27.5 Å². The lowest BCUT2D eigenvalue weighted by Gasteiger charge is -2.10. The van der Waals surface area contributed by atoms with Crippen LogP contribution in [0.2, 0.25) is 10.0 Å². The molecule has 7 heteroatoms. The van der Waals surface area contributed by atoms with Crippen LogP contribution in [0.5, 0.6) is 0 Å². The van der Waals surface area contributed by atoms with Gasteiger partial charge in [0.1, 0.15) is 6.10 Å². The number of anilines is 1. The minimum Gasteiger partial charge on any atom is -0.365 e. The van der Waals surface area contributed by atoms with Crippen LogP contribution in [0, 0.1) is 0 Å². The Kier molecular flexibility index (Phi) is 6.59. The molecular formula is C16H16Cl2N2O2S. The summed E-state index contributed by atoms with van der Waals surface area (Å²) in [4.78, 5) is 17.1. The molecule has 1 unspecified atom stereocenters. The number of halogens is 2. The van der Waals surface area contributed by atoms with Gasteiger partial charge in [-0.25, -0.2) is 4.98 Å². The van der Waals surface area contributed by atoms with Crippen LogP contribution in [0.4, 0.5) is 5.13 Å². The molecule has 0 saturated heterocycles. The highest BCUT2D eigenvalue weighted by molar-refractivity contribution is 7.15. The van der Waals surface area contributed by atoms with Crippen LogP contribution in [0.1, 0.15) is 17.4 Å². The highest BCUT2D eigenvalue weighted by Crippen LogP contribution is 2.27. The number of rotatable bonds is 7. The molecule has 2 aromatic rings. The largest absolute Gasteiger partial charge is 0.365 e. The lowest BCUT2D eigenvalue weighted by Crippen LogP contribution is -2.27. The molecule has 0 aliphatic heterocycles. The van der Waals surface area contributed by atoms with E-state index in [1.807, 2.05) is 6.07 Å². The van der Waals surface area contributed by atoms with Crippen molar-refractivity contribution in [2.24, 2.45) is 0 Å². The molecule has 0 saturated carbocycles. The molecule has 1 atom stereocenters. The molecule has 2 rings (SSSR count). The fourth-order valence-corrected chi connectivity index (χ4v) is 3.03. The molecule has 23 heavy (non-hydrogen) atoms. The number of aromatic nitrogens is 1. The van der Waals surface area contributed by atoms with Crippen LogP contribution >= 0.6 is 34.5 Å². The molecule has 1 amide bonds. The van der Waals surface area contributed by atoms with Gasteiger partial charge in [0.25, 0.3) is 5.91 Å². The maximum absolute atomic E-state index is 11.9. The Labute approximate surface area is 149 Å². The van der Waals surface area contributed by atoms with Crippen molar-refractivity contribution in [3.05, 3.63) is 57.5 Å². The van der Waals surface area contributed by atoms with E-state index in [0.29, 0.717) is 28.2 Å². The first-order valence-electron chi connectivity index (χ1n) is 6.91. The summed E-state index contributed by atoms with van der Waals surface area (Å²) in [6.45, 7) is 5.55. The summed E-state index contributed by atoms with van der Waals surface area (Å²) in [5.41, 5.74) is 0.920. The Hall–Kier alpha value is -1.40. The summed E-state index contributed by atoms with van der Waals surface area (Å²) < 4.78 is 5.27. The third kappa shape index (κ3) is 5.32. The number of amides is 1. The maximum atomic E-state index is 11.9. The molecule has 1 N–H and O–H groups in total. The summed E-state index contributed by atoms with van der Waals surface area (Å²) in [6, 6.07) is 5.34. The van der Waals surface area contributed by atoms with Gasteiger partial charge < -0.3 is 4.74 Å². The zero-order valence-electron chi connectivity index (χ0n) is 12.5. The molecule has 1 heterocycles. The van der Waals surface area contributed by atoms with Gasteiger partial charge in [0.2, 0.25) is 0 Å². The molecule has 4 nitrogen and oxygen atoms in total. The van der Waals surface area contributed by atoms with Gasteiger partial charge in [0.15, 0.2) is 5.13 Å². The minimum atomic E-state index is -0.567. The number of nitrogens with one attached hydrogen (secondary N) is 1. The molecule has 1 aromatic heterocycles. The smallest absolute Gasteiger partial charge is 0.255 e. The molecule has 0 spiro atoms.